The normalized spacial score (nSPS) is 14.5. The predicted molar refractivity (Wildman–Crippen MR) is 336 cm³/mol. The van der Waals surface area contributed by atoms with Crippen LogP contribution in [0.4, 0.5) is 0 Å². The van der Waals surface area contributed by atoms with Gasteiger partial charge in [0.15, 0.2) is 0 Å². The zero-order valence-electron chi connectivity index (χ0n) is 50.9. The molecule has 0 aliphatic carbocycles. The maximum Gasteiger partial charge on any atom is 0.472 e. The molecule has 0 spiro atoms. The van der Waals surface area contributed by atoms with Crippen molar-refractivity contribution in [3.63, 3.8) is 0 Å². The van der Waals surface area contributed by atoms with Crippen molar-refractivity contribution in [3.05, 3.63) is 122 Å². The van der Waals surface area contributed by atoms with E-state index in [2.05, 4.69) is 135 Å². The molecule has 0 aromatic heterocycles. The first-order valence-electron chi connectivity index (χ1n) is 31.4. The smallest absolute Gasteiger partial charge is 0.456 e. The number of quaternary nitrogens is 1. The van der Waals surface area contributed by atoms with Crippen molar-refractivity contribution in [2.24, 2.45) is 0 Å². The van der Waals surface area contributed by atoms with Crippen LogP contribution in [0.1, 0.15) is 245 Å². The van der Waals surface area contributed by atoms with Gasteiger partial charge in [-0.25, -0.2) is 4.57 Å². The van der Waals surface area contributed by atoms with Crippen LogP contribution in [0.5, 0.6) is 0 Å². The fourth-order valence-electron chi connectivity index (χ4n) is 8.30. The number of nitrogens with zero attached hydrogens (tertiary/aromatic N) is 1. The van der Waals surface area contributed by atoms with Crippen LogP contribution in [0.3, 0.4) is 0 Å². The van der Waals surface area contributed by atoms with Gasteiger partial charge in [0.25, 0.3) is 0 Å². The minimum atomic E-state index is -4.47. The summed E-state index contributed by atoms with van der Waals surface area (Å²) < 4.78 is 30.7. The number of amides is 1. The lowest BCUT2D eigenvalue weighted by atomic mass is 10.1. The molecule has 446 valence electrons. The number of hydrogen-bond donors (Lipinski definition) is 2. The zero-order chi connectivity index (χ0) is 57.2. The Kier molecular flexibility index (Phi) is 54.1. The van der Waals surface area contributed by atoms with Crippen molar-refractivity contribution < 1.29 is 37.3 Å². The fourth-order valence-corrected chi connectivity index (χ4v) is 9.04. The van der Waals surface area contributed by atoms with E-state index in [0.717, 1.165) is 122 Å². The second-order valence-corrected chi connectivity index (χ2v) is 23.3. The minimum Gasteiger partial charge on any atom is -0.456 e. The number of rotatable bonds is 55. The Hall–Kier alpha value is -3.59. The van der Waals surface area contributed by atoms with Gasteiger partial charge in [-0.15, -0.1) is 0 Å². The fraction of sp³-hybridized carbons (Fsp3) is 0.676. The standard InChI is InChI=1S/C68H117N2O7P/c1-7-10-13-16-19-22-25-28-30-32-34-35-37-39-41-43-46-49-52-55-58-61-68(72)77-66(59-56-53-50-47-44-27-24-21-18-15-12-9-3)65(64-76-78(73,74)75-63-62-70(4,5)6)69-67(71)60-57-54-51-48-45-42-40-38-36-33-31-29-26-23-20-17-14-11-8-2/h10,13,19-20,22-23,28-31,34-36,38-39,41-42,45,56,59,65-66H,7-9,11-12,14-18,21,24-27,32-33,37,40,43-44,46-55,57-58,60-64H2,1-6H3,(H-,69,71,73,74)/p+1/b13-10-,22-19-,23-20-,30-28-,31-29-,35-34-,38-36-,41-39-,45-42-,59-56+. The Bertz CT molecular complexity index is 1750. The van der Waals surface area contributed by atoms with E-state index < -0.39 is 20.0 Å². The molecule has 0 saturated heterocycles. The number of nitrogens with one attached hydrogen (secondary N) is 1. The second-order valence-electron chi connectivity index (χ2n) is 21.8. The molecule has 78 heavy (non-hydrogen) atoms. The highest BCUT2D eigenvalue weighted by atomic mass is 31.2. The first-order chi connectivity index (χ1) is 37.9. The summed E-state index contributed by atoms with van der Waals surface area (Å²) in [5, 5.41) is 3.03. The van der Waals surface area contributed by atoms with Gasteiger partial charge in [0.05, 0.1) is 33.8 Å². The minimum absolute atomic E-state index is 0.0237. The average molecular weight is 1110 g/mol. The van der Waals surface area contributed by atoms with Crippen LogP contribution in [-0.2, 0) is 27.9 Å². The van der Waals surface area contributed by atoms with Gasteiger partial charge in [-0.1, -0.05) is 233 Å². The lowest BCUT2D eigenvalue weighted by Crippen LogP contribution is -2.47. The molecule has 0 heterocycles. The summed E-state index contributed by atoms with van der Waals surface area (Å²) in [6.45, 7) is 6.82. The molecule has 3 atom stereocenters. The number of ether oxygens (including phenoxy) is 1. The van der Waals surface area contributed by atoms with Crippen molar-refractivity contribution in [1.29, 1.82) is 0 Å². The molecular weight excluding hydrogens is 988 g/mol. The van der Waals surface area contributed by atoms with Gasteiger partial charge in [0.2, 0.25) is 5.91 Å². The van der Waals surface area contributed by atoms with Crippen LogP contribution < -0.4 is 5.32 Å². The van der Waals surface area contributed by atoms with Crippen molar-refractivity contribution >= 4 is 19.7 Å². The number of phosphoric ester groups is 1. The van der Waals surface area contributed by atoms with Crippen molar-refractivity contribution in [1.82, 2.24) is 5.32 Å². The molecule has 2 N–H and O–H groups in total. The lowest BCUT2D eigenvalue weighted by molar-refractivity contribution is -0.870. The number of likely N-dealkylation sites (N-methyl/N-ethyl adjacent to an activating group) is 1. The summed E-state index contributed by atoms with van der Waals surface area (Å²) in [7, 11) is 1.44. The van der Waals surface area contributed by atoms with E-state index in [-0.39, 0.29) is 37.9 Å². The number of phosphoric acid groups is 1. The van der Waals surface area contributed by atoms with Gasteiger partial charge >= 0.3 is 13.8 Å². The van der Waals surface area contributed by atoms with Crippen LogP contribution in [-0.4, -0.2) is 74.3 Å². The third kappa shape index (κ3) is 57.1. The third-order valence-corrected chi connectivity index (χ3v) is 14.1. The summed E-state index contributed by atoms with van der Waals surface area (Å²) in [5.41, 5.74) is 0. The molecule has 0 aromatic carbocycles. The first-order valence-corrected chi connectivity index (χ1v) is 32.9. The molecule has 0 saturated carbocycles. The van der Waals surface area contributed by atoms with Crippen molar-refractivity contribution in [2.75, 3.05) is 40.9 Å². The van der Waals surface area contributed by atoms with Crippen molar-refractivity contribution in [2.45, 2.75) is 258 Å². The maximum absolute atomic E-state index is 13.5. The van der Waals surface area contributed by atoms with E-state index >= 15 is 0 Å². The van der Waals surface area contributed by atoms with Crippen LogP contribution >= 0.6 is 7.82 Å². The Morgan fingerprint density at radius 1 is 0.462 bits per heavy atom. The highest BCUT2D eigenvalue weighted by molar-refractivity contribution is 7.47. The highest BCUT2D eigenvalue weighted by Gasteiger charge is 2.30. The Morgan fingerprint density at radius 3 is 1.27 bits per heavy atom. The summed E-state index contributed by atoms with van der Waals surface area (Å²) in [6.07, 6.45) is 79.1. The van der Waals surface area contributed by atoms with Crippen molar-refractivity contribution in [3.8, 4) is 0 Å². The first kappa shape index (κ1) is 74.4. The topological polar surface area (TPSA) is 111 Å². The molecule has 0 radical (unpaired) electrons. The number of unbranched alkanes of at least 4 members (excludes halogenated alkanes) is 21. The Balaban J connectivity index is 5.36. The van der Waals surface area contributed by atoms with Gasteiger partial charge in [0, 0.05) is 12.8 Å². The monoisotopic (exact) mass is 1110 g/mol. The number of esters is 1. The summed E-state index contributed by atoms with van der Waals surface area (Å²) in [4.78, 5) is 37.7. The summed E-state index contributed by atoms with van der Waals surface area (Å²) in [5.74, 6) is -0.571. The van der Waals surface area contributed by atoms with Crippen LogP contribution in [0.2, 0.25) is 0 Å². The van der Waals surface area contributed by atoms with Gasteiger partial charge < -0.3 is 19.4 Å². The molecule has 0 aliphatic heterocycles. The number of allylic oxidation sites excluding steroid dienone is 19. The second kappa shape index (κ2) is 56.7. The molecule has 0 fully saturated rings. The van der Waals surface area contributed by atoms with E-state index in [1.165, 1.54) is 77.0 Å². The molecule has 1 amide bonds. The largest absolute Gasteiger partial charge is 0.472 e. The molecule has 0 aliphatic rings. The zero-order valence-corrected chi connectivity index (χ0v) is 51.8. The summed E-state index contributed by atoms with van der Waals surface area (Å²) in [6, 6.07) is -0.882. The van der Waals surface area contributed by atoms with E-state index in [0.29, 0.717) is 23.9 Å². The quantitative estimate of drug-likeness (QED) is 0.0205. The number of carbonyl (C=O) groups excluding carboxylic acids is 2. The Labute approximate surface area is 480 Å². The number of hydrogen-bond acceptors (Lipinski definition) is 6. The van der Waals surface area contributed by atoms with Gasteiger partial charge in [0.1, 0.15) is 19.3 Å². The molecular formula is C68H118N2O7P+. The van der Waals surface area contributed by atoms with E-state index in [9.17, 15) is 19.0 Å². The molecule has 3 unspecified atom stereocenters. The van der Waals surface area contributed by atoms with Crippen LogP contribution in [0.25, 0.3) is 0 Å². The maximum atomic E-state index is 13.5. The van der Waals surface area contributed by atoms with E-state index in [1.807, 2.05) is 33.3 Å². The lowest BCUT2D eigenvalue weighted by Gasteiger charge is -2.27. The van der Waals surface area contributed by atoms with Gasteiger partial charge in [-0.3, -0.25) is 18.6 Å². The SMILES string of the molecule is CC/C=C\C/C=C\C/C=C\C/C=C\C/C=C\CCCCCCCC(=O)OC(/C=C/CCCCCCCCCCCC)C(COP(=O)(O)OCC[N+](C)(C)C)NC(=O)CCCCC/C=C\C/C=C\C/C=C\C/C=C\CCCCC. The Morgan fingerprint density at radius 2 is 0.821 bits per heavy atom. The molecule has 10 heteroatoms. The average Bonchev–Trinajstić information content (AvgIpc) is 3.40. The van der Waals surface area contributed by atoms with Crippen LogP contribution in [0.15, 0.2) is 122 Å². The molecule has 9 nitrogen and oxygen atoms in total. The van der Waals surface area contributed by atoms with E-state index in [1.54, 1.807) is 0 Å². The van der Waals surface area contributed by atoms with Crippen LogP contribution in [0, 0.1) is 0 Å². The molecule has 0 aromatic rings. The predicted octanol–water partition coefficient (Wildman–Crippen LogP) is 19.5. The number of carbonyl (C=O) groups is 2. The van der Waals surface area contributed by atoms with Gasteiger partial charge in [-0.2, -0.15) is 0 Å². The highest BCUT2D eigenvalue weighted by Crippen LogP contribution is 2.43. The molecule has 0 rings (SSSR count). The third-order valence-electron chi connectivity index (χ3n) is 13.1. The van der Waals surface area contributed by atoms with E-state index in [4.69, 9.17) is 13.8 Å². The van der Waals surface area contributed by atoms with Gasteiger partial charge in [-0.05, 0) is 122 Å². The molecule has 0 bridgehead atoms. The summed E-state index contributed by atoms with van der Waals surface area (Å²) >= 11 is 0.